The molecule has 1 aliphatic heterocycles. The molecule has 2 N–H and O–H groups in total. The third-order valence-corrected chi connectivity index (χ3v) is 4.74. The average Bonchev–Trinajstić information content (AvgIpc) is 2.40. The first-order valence-corrected chi connectivity index (χ1v) is 7.80. The van der Waals surface area contributed by atoms with Crippen LogP contribution < -0.4 is 10.0 Å². The van der Waals surface area contributed by atoms with E-state index in [4.69, 9.17) is 0 Å². The highest BCUT2D eigenvalue weighted by atomic mass is 32.2. The predicted octanol–water partition coefficient (Wildman–Crippen LogP) is 1.58. The molecule has 0 saturated carbocycles. The fourth-order valence-corrected chi connectivity index (χ4v) is 3.31. The van der Waals surface area contributed by atoms with Gasteiger partial charge in [-0.3, -0.25) is 4.72 Å². The molecule has 0 aromatic heterocycles. The molecular formula is C12H16F3N3O2S. The lowest BCUT2D eigenvalue weighted by Gasteiger charge is -2.27. The van der Waals surface area contributed by atoms with E-state index in [1.54, 1.807) is 0 Å². The van der Waals surface area contributed by atoms with Crippen LogP contribution in [-0.4, -0.2) is 38.9 Å². The molecule has 0 atom stereocenters. The molecule has 21 heavy (non-hydrogen) atoms. The van der Waals surface area contributed by atoms with Crippen LogP contribution in [0.1, 0.15) is 11.1 Å². The molecule has 0 unspecified atom stereocenters. The van der Waals surface area contributed by atoms with E-state index in [2.05, 4.69) is 10.0 Å². The molecule has 1 aliphatic rings. The Morgan fingerprint density at radius 2 is 1.86 bits per heavy atom. The number of anilines is 1. The molecular weight excluding hydrogens is 307 g/mol. The number of piperazine rings is 1. The number of benzene rings is 1. The van der Waals surface area contributed by atoms with E-state index in [1.165, 1.54) is 23.4 Å². The Morgan fingerprint density at radius 1 is 1.24 bits per heavy atom. The number of aryl methyl sites for hydroxylation is 1. The van der Waals surface area contributed by atoms with Gasteiger partial charge in [-0.15, -0.1) is 0 Å². The van der Waals surface area contributed by atoms with E-state index in [-0.39, 0.29) is 24.3 Å². The Balaban J connectivity index is 2.23. The molecule has 9 heteroatoms. The summed E-state index contributed by atoms with van der Waals surface area (Å²) in [5.41, 5.74) is -0.887. The predicted molar refractivity (Wildman–Crippen MR) is 73.2 cm³/mol. The quantitative estimate of drug-likeness (QED) is 0.888. The molecule has 1 aromatic carbocycles. The van der Waals surface area contributed by atoms with E-state index in [0.717, 1.165) is 6.07 Å². The van der Waals surface area contributed by atoms with Gasteiger partial charge in [-0.1, -0.05) is 6.07 Å². The summed E-state index contributed by atoms with van der Waals surface area (Å²) in [7, 11) is -3.84. The summed E-state index contributed by atoms with van der Waals surface area (Å²) in [5.74, 6) is 0. The van der Waals surface area contributed by atoms with Gasteiger partial charge in [0.2, 0.25) is 0 Å². The van der Waals surface area contributed by atoms with Crippen molar-refractivity contribution in [3.8, 4) is 0 Å². The highest BCUT2D eigenvalue weighted by Crippen LogP contribution is 2.33. The van der Waals surface area contributed by atoms with Crippen LogP contribution in [0.2, 0.25) is 0 Å². The molecule has 0 radical (unpaired) electrons. The minimum Gasteiger partial charge on any atom is -0.314 e. The Morgan fingerprint density at radius 3 is 2.43 bits per heavy atom. The van der Waals surface area contributed by atoms with Gasteiger partial charge < -0.3 is 5.32 Å². The Hall–Kier alpha value is -1.32. The zero-order chi connectivity index (χ0) is 15.7. The van der Waals surface area contributed by atoms with Crippen molar-refractivity contribution >= 4 is 15.9 Å². The largest absolute Gasteiger partial charge is 0.416 e. The second-order valence-electron chi connectivity index (χ2n) is 4.78. The number of halogens is 3. The van der Waals surface area contributed by atoms with Crippen LogP contribution in [0.15, 0.2) is 18.2 Å². The van der Waals surface area contributed by atoms with Crippen molar-refractivity contribution in [3.63, 3.8) is 0 Å². The number of hydrogen-bond donors (Lipinski definition) is 2. The first kappa shape index (κ1) is 16.1. The van der Waals surface area contributed by atoms with E-state index in [0.29, 0.717) is 13.1 Å². The summed E-state index contributed by atoms with van der Waals surface area (Å²) < 4.78 is 66.1. The number of nitrogens with one attached hydrogen (secondary N) is 2. The maximum Gasteiger partial charge on any atom is 0.416 e. The van der Waals surface area contributed by atoms with Crippen molar-refractivity contribution in [1.29, 1.82) is 0 Å². The van der Waals surface area contributed by atoms with E-state index >= 15 is 0 Å². The summed E-state index contributed by atoms with van der Waals surface area (Å²) in [5, 5.41) is 3.00. The minimum atomic E-state index is -4.51. The van der Waals surface area contributed by atoms with Crippen LogP contribution in [0.5, 0.6) is 0 Å². The van der Waals surface area contributed by atoms with Crippen molar-refractivity contribution in [2.75, 3.05) is 30.9 Å². The summed E-state index contributed by atoms with van der Waals surface area (Å²) in [6.07, 6.45) is -4.51. The normalized spacial score (nSPS) is 17.7. The molecule has 1 saturated heterocycles. The zero-order valence-corrected chi connectivity index (χ0v) is 12.2. The van der Waals surface area contributed by atoms with Gasteiger partial charge in [0.25, 0.3) is 0 Å². The highest BCUT2D eigenvalue weighted by molar-refractivity contribution is 7.90. The molecule has 0 bridgehead atoms. The Labute approximate surface area is 121 Å². The van der Waals surface area contributed by atoms with Gasteiger partial charge in [0.05, 0.1) is 11.3 Å². The molecule has 1 fully saturated rings. The van der Waals surface area contributed by atoms with Crippen LogP contribution in [0.4, 0.5) is 18.9 Å². The van der Waals surface area contributed by atoms with Crippen LogP contribution in [0.3, 0.4) is 0 Å². The smallest absolute Gasteiger partial charge is 0.314 e. The monoisotopic (exact) mass is 323 g/mol. The summed E-state index contributed by atoms with van der Waals surface area (Å²) in [4.78, 5) is 0. The van der Waals surface area contributed by atoms with Gasteiger partial charge in [0, 0.05) is 26.2 Å². The van der Waals surface area contributed by atoms with Gasteiger partial charge >= 0.3 is 16.4 Å². The molecule has 0 spiro atoms. The molecule has 1 aromatic rings. The van der Waals surface area contributed by atoms with E-state index < -0.39 is 21.9 Å². The summed E-state index contributed by atoms with van der Waals surface area (Å²) in [6.45, 7) is 2.93. The van der Waals surface area contributed by atoms with Crippen molar-refractivity contribution in [3.05, 3.63) is 29.3 Å². The maximum absolute atomic E-state index is 12.8. The van der Waals surface area contributed by atoms with Gasteiger partial charge in [-0.25, -0.2) is 0 Å². The molecule has 0 amide bonds. The minimum absolute atomic E-state index is 0.0487. The van der Waals surface area contributed by atoms with Crippen LogP contribution >= 0.6 is 0 Å². The van der Waals surface area contributed by atoms with E-state index in [1.807, 2.05) is 0 Å². The Bertz CT molecular complexity index is 611. The lowest BCUT2D eigenvalue weighted by Crippen LogP contribution is -2.48. The average molecular weight is 323 g/mol. The number of nitrogens with zero attached hydrogens (tertiary/aromatic N) is 1. The molecule has 5 nitrogen and oxygen atoms in total. The summed E-state index contributed by atoms with van der Waals surface area (Å²) in [6, 6.07) is 3.39. The highest BCUT2D eigenvalue weighted by Gasteiger charge is 2.33. The van der Waals surface area contributed by atoms with Crippen LogP contribution in [0.25, 0.3) is 0 Å². The summed E-state index contributed by atoms with van der Waals surface area (Å²) >= 11 is 0. The second-order valence-corrected chi connectivity index (χ2v) is 6.45. The molecule has 2 rings (SSSR count). The lowest BCUT2D eigenvalue weighted by molar-refractivity contribution is -0.138. The second kappa shape index (κ2) is 5.82. The zero-order valence-electron chi connectivity index (χ0n) is 11.4. The molecule has 118 valence electrons. The first-order valence-electron chi connectivity index (χ1n) is 6.36. The van der Waals surface area contributed by atoms with Gasteiger partial charge in [-0.2, -0.15) is 25.9 Å². The number of alkyl halides is 3. The van der Waals surface area contributed by atoms with Gasteiger partial charge in [0.1, 0.15) is 0 Å². The topological polar surface area (TPSA) is 61.4 Å². The molecule has 0 aliphatic carbocycles. The third kappa shape index (κ3) is 3.86. The van der Waals surface area contributed by atoms with Gasteiger partial charge in [-0.05, 0) is 24.6 Å². The standard InChI is InChI=1S/C12H16F3N3O2S/c1-9-2-3-10(8-11(9)12(13,14)15)17-21(19,20)18-6-4-16-5-7-18/h2-3,8,16-17H,4-7H2,1H3. The maximum atomic E-state index is 12.8. The van der Waals surface area contributed by atoms with Gasteiger partial charge in [0.15, 0.2) is 0 Å². The number of rotatable bonds is 3. The SMILES string of the molecule is Cc1ccc(NS(=O)(=O)N2CCNCC2)cc1C(F)(F)F. The Kier molecular flexibility index (Phi) is 4.45. The van der Waals surface area contributed by atoms with E-state index in [9.17, 15) is 21.6 Å². The fourth-order valence-electron chi connectivity index (χ4n) is 2.09. The van der Waals surface area contributed by atoms with Crippen LogP contribution in [-0.2, 0) is 16.4 Å². The van der Waals surface area contributed by atoms with Crippen molar-refractivity contribution in [1.82, 2.24) is 9.62 Å². The van der Waals surface area contributed by atoms with Crippen LogP contribution in [0, 0.1) is 6.92 Å². The van der Waals surface area contributed by atoms with Crippen molar-refractivity contribution in [2.45, 2.75) is 13.1 Å². The number of hydrogen-bond acceptors (Lipinski definition) is 3. The molecule has 1 heterocycles. The first-order chi connectivity index (χ1) is 9.70. The lowest BCUT2D eigenvalue weighted by atomic mass is 10.1. The fraction of sp³-hybridized carbons (Fsp3) is 0.500. The third-order valence-electron chi connectivity index (χ3n) is 3.21. The van der Waals surface area contributed by atoms with Crippen molar-refractivity contribution < 1.29 is 21.6 Å². The van der Waals surface area contributed by atoms with Crippen molar-refractivity contribution in [2.24, 2.45) is 0 Å².